The third-order valence-electron chi connectivity index (χ3n) is 3.81. The molecule has 0 bridgehead atoms. The molecule has 134 valence electrons. The Morgan fingerprint density at radius 3 is 2.40 bits per heavy atom. The lowest BCUT2D eigenvalue weighted by molar-refractivity contribution is 0.184. The molecular formula is C15H17BrN4O3S2. The standard InChI is InChI=1S/C15H17BrN4O3S2/c1-11-10-24-14(17-11)18-15(21)19-6-8-20(9-7-19)25(22,23)13-4-2-12(16)3-5-13/h2-5,10H,6-9H2,1H3,(H,17,18,21). The molecule has 1 aliphatic heterocycles. The van der Waals surface area contributed by atoms with Gasteiger partial charge in [0.1, 0.15) is 0 Å². The number of hydrogen-bond acceptors (Lipinski definition) is 5. The van der Waals surface area contributed by atoms with Crippen molar-refractivity contribution in [2.75, 3.05) is 31.5 Å². The smallest absolute Gasteiger partial charge is 0.322 e. The topological polar surface area (TPSA) is 82.6 Å². The van der Waals surface area contributed by atoms with Gasteiger partial charge in [0, 0.05) is 36.0 Å². The van der Waals surface area contributed by atoms with Gasteiger partial charge >= 0.3 is 6.03 Å². The van der Waals surface area contributed by atoms with Crippen LogP contribution in [-0.4, -0.2) is 54.8 Å². The normalized spacial score (nSPS) is 16.0. The monoisotopic (exact) mass is 444 g/mol. The molecule has 1 N–H and O–H groups in total. The molecule has 1 aliphatic rings. The van der Waals surface area contributed by atoms with Crippen LogP contribution in [0.15, 0.2) is 39.0 Å². The predicted octanol–water partition coefficient (Wildman–Crippen LogP) is 2.75. The molecule has 0 radical (unpaired) electrons. The maximum Gasteiger partial charge on any atom is 0.323 e. The van der Waals surface area contributed by atoms with Crippen LogP contribution in [-0.2, 0) is 10.0 Å². The van der Waals surface area contributed by atoms with Crippen LogP contribution in [0.2, 0.25) is 0 Å². The third kappa shape index (κ3) is 4.20. The van der Waals surface area contributed by atoms with Crippen molar-refractivity contribution in [2.45, 2.75) is 11.8 Å². The number of aryl methyl sites for hydroxylation is 1. The van der Waals surface area contributed by atoms with Crippen molar-refractivity contribution in [1.82, 2.24) is 14.2 Å². The fraction of sp³-hybridized carbons (Fsp3) is 0.333. The van der Waals surface area contributed by atoms with Crippen molar-refractivity contribution in [3.05, 3.63) is 39.8 Å². The second kappa shape index (κ2) is 7.40. The Hall–Kier alpha value is -1.49. The minimum atomic E-state index is -3.54. The lowest BCUT2D eigenvalue weighted by Gasteiger charge is -2.33. The Morgan fingerprint density at radius 1 is 1.20 bits per heavy atom. The molecule has 0 unspecified atom stereocenters. The molecule has 25 heavy (non-hydrogen) atoms. The Balaban J connectivity index is 1.61. The number of aromatic nitrogens is 1. The van der Waals surface area contributed by atoms with E-state index in [1.165, 1.54) is 15.6 Å². The summed E-state index contributed by atoms with van der Waals surface area (Å²) in [6.45, 7) is 3.07. The zero-order valence-electron chi connectivity index (χ0n) is 13.5. The summed E-state index contributed by atoms with van der Waals surface area (Å²) in [6, 6.07) is 6.29. The molecule has 2 aromatic rings. The molecule has 2 heterocycles. The first-order valence-electron chi connectivity index (χ1n) is 7.60. The fourth-order valence-electron chi connectivity index (χ4n) is 2.47. The van der Waals surface area contributed by atoms with Gasteiger partial charge in [0.05, 0.1) is 10.6 Å². The van der Waals surface area contributed by atoms with Gasteiger partial charge < -0.3 is 4.90 Å². The SMILES string of the molecule is Cc1csc(NC(=O)N2CCN(S(=O)(=O)c3ccc(Br)cc3)CC2)n1. The summed E-state index contributed by atoms with van der Waals surface area (Å²) in [4.78, 5) is 18.3. The summed E-state index contributed by atoms with van der Waals surface area (Å²) in [5, 5.41) is 5.15. The van der Waals surface area contributed by atoms with E-state index in [1.807, 2.05) is 12.3 Å². The molecule has 1 aromatic heterocycles. The van der Waals surface area contributed by atoms with Crippen LogP contribution in [0.3, 0.4) is 0 Å². The van der Waals surface area contributed by atoms with Gasteiger partial charge in [0.25, 0.3) is 0 Å². The van der Waals surface area contributed by atoms with Crippen molar-refractivity contribution in [3.63, 3.8) is 0 Å². The summed E-state index contributed by atoms with van der Waals surface area (Å²) >= 11 is 4.66. The summed E-state index contributed by atoms with van der Waals surface area (Å²) in [5.74, 6) is 0. The number of halogens is 1. The minimum Gasteiger partial charge on any atom is -0.322 e. The number of amides is 2. The van der Waals surface area contributed by atoms with Crippen molar-refractivity contribution in [3.8, 4) is 0 Å². The number of piperazine rings is 1. The molecule has 1 fully saturated rings. The Labute approximate surface area is 158 Å². The molecule has 2 amide bonds. The lowest BCUT2D eigenvalue weighted by Crippen LogP contribution is -2.51. The third-order valence-corrected chi connectivity index (χ3v) is 7.13. The van der Waals surface area contributed by atoms with E-state index >= 15 is 0 Å². The summed E-state index contributed by atoms with van der Waals surface area (Å²) in [7, 11) is -3.54. The maximum absolute atomic E-state index is 12.7. The lowest BCUT2D eigenvalue weighted by atomic mass is 10.4. The molecule has 10 heteroatoms. The van der Waals surface area contributed by atoms with Gasteiger partial charge in [-0.2, -0.15) is 4.31 Å². The van der Waals surface area contributed by atoms with E-state index in [9.17, 15) is 13.2 Å². The van der Waals surface area contributed by atoms with Crippen LogP contribution in [0.25, 0.3) is 0 Å². The second-order valence-electron chi connectivity index (χ2n) is 5.57. The zero-order chi connectivity index (χ0) is 18.0. The Morgan fingerprint density at radius 2 is 1.84 bits per heavy atom. The number of thiazole rings is 1. The number of carbonyl (C=O) groups is 1. The molecule has 0 atom stereocenters. The summed E-state index contributed by atoms with van der Waals surface area (Å²) in [6.07, 6.45) is 0. The maximum atomic E-state index is 12.7. The number of hydrogen-bond donors (Lipinski definition) is 1. The molecule has 0 saturated carbocycles. The largest absolute Gasteiger partial charge is 0.323 e. The zero-order valence-corrected chi connectivity index (χ0v) is 16.7. The Kier molecular flexibility index (Phi) is 5.42. The van der Waals surface area contributed by atoms with E-state index in [1.54, 1.807) is 29.2 Å². The van der Waals surface area contributed by atoms with Gasteiger partial charge in [0.2, 0.25) is 10.0 Å². The van der Waals surface area contributed by atoms with E-state index in [0.717, 1.165) is 10.2 Å². The molecular weight excluding hydrogens is 428 g/mol. The van der Waals surface area contributed by atoms with E-state index in [-0.39, 0.29) is 24.0 Å². The highest BCUT2D eigenvalue weighted by Crippen LogP contribution is 2.21. The number of carbonyl (C=O) groups excluding carboxylic acids is 1. The average Bonchev–Trinajstić information content (AvgIpc) is 3.00. The summed E-state index contributed by atoms with van der Waals surface area (Å²) in [5.41, 5.74) is 0.853. The van der Waals surface area contributed by atoms with Gasteiger partial charge in [-0.25, -0.2) is 18.2 Å². The number of nitrogens with zero attached hydrogens (tertiary/aromatic N) is 3. The van der Waals surface area contributed by atoms with Crippen LogP contribution in [0.4, 0.5) is 9.93 Å². The fourth-order valence-corrected chi connectivity index (χ4v) is 4.83. The molecule has 0 spiro atoms. The van der Waals surface area contributed by atoms with Crippen LogP contribution >= 0.6 is 27.3 Å². The van der Waals surface area contributed by atoms with Crippen LogP contribution in [0.1, 0.15) is 5.69 Å². The summed E-state index contributed by atoms with van der Waals surface area (Å²) < 4.78 is 27.5. The first kappa shape index (κ1) is 18.3. The van der Waals surface area contributed by atoms with Crippen molar-refractivity contribution in [2.24, 2.45) is 0 Å². The van der Waals surface area contributed by atoms with E-state index in [2.05, 4.69) is 26.2 Å². The first-order chi connectivity index (χ1) is 11.9. The highest BCUT2D eigenvalue weighted by atomic mass is 79.9. The van der Waals surface area contributed by atoms with Gasteiger partial charge in [-0.15, -0.1) is 11.3 Å². The molecule has 1 saturated heterocycles. The van der Waals surface area contributed by atoms with E-state index in [0.29, 0.717) is 18.2 Å². The molecule has 0 aliphatic carbocycles. The molecule has 3 rings (SSSR count). The van der Waals surface area contributed by atoms with Crippen LogP contribution < -0.4 is 5.32 Å². The Bertz CT molecular complexity index is 859. The number of sulfonamides is 1. The van der Waals surface area contributed by atoms with E-state index < -0.39 is 10.0 Å². The quantitative estimate of drug-likeness (QED) is 0.788. The van der Waals surface area contributed by atoms with Crippen molar-refractivity contribution < 1.29 is 13.2 Å². The van der Waals surface area contributed by atoms with Crippen molar-refractivity contribution in [1.29, 1.82) is 0 Å². The van der Waals surface area contributed by atoms with E-state index in [4.69, 9.17) is 0 Å². The predicted molar refractivity (Wildman–Crippen MR) is 100 cm³/mol. The molecule has 1 aromatic carbocycles. The number of rotatable bonds is 3. The number of nitrogens with one attached hydrogen (secondary N) is 1. The number of urea groups is 1. The van der Waals surface area contributed by atoms with Gasteiger partial charge in [-0.05, 0) is 31.2 Å². The minimum absolute atomic E-state index is 0.255. The number of anilines is 1. The number of benzene rings is 1. The van der Waals surface area contributed by atoms with Gasteiger partial charge in [-0.3, -0.25) is 5.32 Å². The van der Waals surface area contributed by atoms with Crippen LogP contribution in [0.5, 0.6) is 0 Å². The van der Waals surface area contributed by atoms with Gasteiger partial charge in [-0.1, -0.05) is 15.9 Å². The van der Waals surface area contributed by atoms with Gasteiger partial charge in [0.15, 0.2) is 5.13 Å². The highest BCUT2D eigenvalue weighted by molar-refractivity contribution is 9.10. The second-order valence-corrected chi connectivity index (χ2v) is 9.28. The average molecular weight is 445 g/mol. The first-order valence-corrected chi connectivity index (χ1v) is 10.7. The molecule has 7 nitrogen and oxygen atoms in total. The van der Waals surface area contributed by atoms with Crippen LogP contribution in [0, 0.1) is 6.92 Å². The highest BCUT2D eigenvalue weighted by Gasteiger charge is 2.30. The van der Waals surface area contributed by atoms with Crippen molar-refractivity contribution >= 4 is 48.5 Å².